The number of alkyl halides is 1. The SMILES string of the molecule is Cc1ccccc1N(C(=O)Nc1ccc(C(F)NCCN(C)C)cc1)c1nccc(-c2cccnc2)n1. The molecule has 2 N–H and O–H groups in total. The van der Waals surface area contributed by atoms with Gasteiger partial charge in [-0.3, -0.25) is 10.3 Å². The van der Waals surface area contributed by atoms with E-state index in [1.807, 2.05) is 62.3 Å². The van der Waals surface area contributed by atoms with Crippen molar-refractivity contribution in [2.24, 2.45) is 0 Å². The molecule has 1 unspecified atom stereocenters. The van der Waals surface area contributed by atoms with E-state index in [1.165, 1.54) is 4.90 Å². The first kappa shape index (κ1) is 25.9. The Bertz CT molecular complexity index is 1320. The number of urea groups is 1. The first-order valence-electron chi connectivity index (χ1n) is 11.9. The van der Waals surface area contributed by atoms with Gasteiger partial charge in [0.2, 0.25) is 5.95 Å². The second-order valence-electron chi connectivity index (χ2n) is 8.78. The zero-order chi connectivity index (χ0) is 26.2. The molecule has 0 aliphatic rings. The number of rotatable bonds is 9. The van der Waals surface area contributed by atoms with Crippen LogP contribution in [0.2, 0.25) is 0 Å². The van der Waals surface area contributed by atoms with Gasteiger partial charge in [-0.05, 0) is 63.0 Å². The molecule has 0 saturated heterocycles. The van der Waals surface area contributed by atoms with Gasteiger partial charge in [0, 0.05) is 48.5 Å². The summed E-state index contributed by atoms with van der Waals surface area (Å²) in [7, 11) is 3.87. The van der Waals surface area contributed by atoms with Gasteiger partial charge in [-0.15, -0.1) is 0 Å². The van der Waals surface area contributed by atoms with Gasteiger partial charge in [-0.1, -0.05) is 30.3 Å². The lowest BCUT2D eigenvalue weighted by atomic mass is 10.1. The highest BCUT2D eigenvalue weighted by molar-refractivity contribution is 6.06. The fraction of sp³-hybridized carbons (Fsp3) is 0.214. The summed E-state index contributed by atoms with van der Waals surface area (Å²) in [5.41, 5.74) is 3.99. The highest BCUT2D eigenvalue weighted by atomic mass is 19.1. The van der Waals surface area contributed by atoms with Gasteiger partial charge < -0.3 is 10.2 Å². The zero-order valence-electron chi connectivity index (χ0n) is 21.1. The number of halogens is 1. The van der Waals surface area contributed by atoms with Gasteiger partial charge in [0.15, 0.2) is 6.30 Å². The molecular formula is C28H30FN7O. The average molecular weight is 500 g/mol. The van der Waals surface area contributed by atoms with E-state index in [0.717, 1.165) is 17.7 Å². The van der Waals surface area contributed by atoms with Crippen molar-refractivity contribution in [2.75, 3.05) is 37.4 Å². The molecule has 0 spiro atoms. The Hall–Kier alpha value is -4.21. The van der Waals surface area contributed by atoms with Crippen molar-refractivity contribution < 1.29 is 9.18 Å². The molecule has 0 aliphatic carbocycles. The lowest BCUT2D eigenvalue weighted by Gasteiger charge is -2.23. The lowest BCUT2D eigenvalue weighted by molar-refractivity contribution is 0.258. The average Bonchev–Trinajstić information content (AvgIpc) is 2.91. The van der Waals surface area contributed by atoms with Crippen molar-refractivity contribution in [1.82, 2.24) is 25.2 Å². The van der Waals surface area contributed by atoms with Crippen LogP contribution in [-0.2, 0) is 0 Å². The van der Waals surface area contributed by atoms with Gasteiger partial charge in [0.05, 0.1) is 11.4 Å². The predicted octanol–water partition coefficient (Wildman–Crippen LogP) is 5.34. The third-order valence-electron chi connectivity index (χ3n) is 5.70. The lowest BCUT2D eigenvalue weighted by Crippen LogP contribution is -2.32. The Balaban J connectivity index is 1.57. The molecule has 2 heterocycles. The monoisotopic (exact) mass is 499 g/mol. The van der Waals surface area contributed by atoms with E-state index in [0.29, 0.717) is 29.2 Å². The molecule has 0 saturated carbocycles. The summed E-state index contributed by atoms with van der Waals surface area (Å²) in [6.07, 6.45) is 3.72. The Kier molecular flexibility index (Phi) is 8.50. The minimum Gasteiger partial charge on any atom is -0.308 e. The van der Waals surface area contributed by atoms with E-state index in [4.69, 9.17) is 0 Å². The summed E-state index contributed by atoms with van der Waals surface area (Å²) >= 11 is 0. The standard InChI is InChI=1S/C28H30FN7O/c1-20-7-4-5-9-25(20)36(27-32-16-14-24(34-27)22-8-6-15-30-19-22)28(37)33-23-12-10-21(11-13-23)26(29)31-17-18-35(2)3/h4-16,19,26,31H,17-18H2,1-3H3,(H,33,37). The van der Waals surface area contributed by atoms with Crippen LogP contribution in [0.25, 0.3) is 11.3 Å². The molecule has 2 aromatic carbocycles. The van der Waals surface area contributed by atoms with Crippen LogP contribution in [0.5, 0.6) is 0 Å². The number of amides is 2. The first-order valence-corrected chi connectivity index (χ1v) is 11.9. The number of nitrogens with one attached hydrogen (secondary N) is 2. The first-order chi connectivity index (χ1) is 17.9. The highest BCUT2D eigenvalue weighted by Crippen LogP contribution is 2.28. The third kappa shape index (κ3) is 6.72. The number of aryl methyl sites for hydroxylation is 1. The Labute approximate surface area is 216 Å². The summed E-state index contributed by atoms with van der Waals surface area (Å²) in [5, 5.41) is 5.75. The maximum absolute atomic E-state index is 14.5. The number of anilines is 3. The number of pyridine rings is 1. The van der Waals surface area contributed by atoms with E-state index in [1.54, 1.807) is 48.9 Å². The van der Waals surface area contributed by atoms with Crippen LogP contribution in [0.15, 0.2) is 85.3 Å². The summed E-state index contributed by atoms with van der Waals surface area (Å²) in [5.74, 6) is 0.221. The number of hydrogen-bond acceptors (Lipinski definition) is 6. The normalized spacial score (nSPS) is 11.8. The Morgan fingerprint density at radius 3 is 2.49 bits per heavy atom. The van der Waals surface area contributed by atoms with Crippen LogP contribution < -0.4 is 15.5 Å². The largest absolute Gasteiger partial charge is 0.333 e. The number of hydrogen-bond donors (Lipinski definition) is 2. The van der Waals surface area contributed by atoms with Crippen molar-refractivity contribution in [3.8, 4) is 11.3 Å². The molecule has 9 heteroatoms. The van der Waals surface area contributed by atoms with E-state index in [-0.39, 0.29) is 5.95 Å². The van der Waals surface area contributed by atoms with Gasteiger partial charge in [-0.25, -0.2) is 24.1 Å². The van der Waals surface area contributed by atoms with Crippen molar-refractivity contribution >= 4 is 23.4 Å². The molecule has 2 amide bonds. The fourth-order valence-corrected chi connectivity index (χ4v) is 3.70. The number of nitrogens with zero attached hydrogens (tertiary/aromatic N) is 5. The molecular weight excluding hydrogens is 469 g/mol. The van der Waals surface area contributed by atoms with E-state index in [2.05, 4.69) is 25.6 Å². The molecule has 0 fully saturated rings. The number of para-hydroxylation sites is 1. The van der Waals surface area contributed by atoms with Gasteiger partial charge in [0.1, 0.15) is 0 Å². The van der Waals surface area contributed by atoms with E-state index in [9.17, 15) is 9.18 Å². The number of carbonyl (C=O) groups excluding carboxylic acids is 1. The molecule has 37 heavy (non-hydrogen) atoms. The van der Waals surface area contributed by atoms with Gasteiger partial charge in [-0.2, -0.15) is 0 Å². The number of aromatic nitrogens is 3. The van der Waals surface area contributed by atoms with Gasteiger partial charge >= 0.3 is 6.03 Å². The molecule has 4 rings (SSSR count). The molecule has 0 bridgehead atoms. The Morgan fingerprint density at radius 1 is 1.00 bits per heavy atom. The molecule has 4 aromatic rings. The molecule has 0 radical (unpaired) electrons. The topological polar surface area (TPSA) is 86.3 Å². The van der Waals surface area contributed by atoms with Crippen molar-refractivity contribution in [1.29, 1.82) is 0 Å². The summed E-state index contributed by atoms with van der Waals surface area (Å²) in [6, 6.07) is 19.2. The van der Waals surface area contributed by atoms with Crippen molar-refractivity contribution in [2.45, 2.75) is 13.2 Å². The van der Waals surface area contributed by atoms with Crippen LogP contribution in [0, 0.1) is 6.92 Å². The second kappa shape index (κ2) is 12.2. The number of benzene rings is 2. The number of likely N-dealkylation sites (N-methyl/N-ethyl adjacent to an activating group) is 1. The third-order valence-corrected chi connectivity index (χ3v) is 5.70. The van der Waals surface area contributed by atoms with Crippen molar-refractivity contribution in [3.63, 3.8) is 0 Å². The van der Waals surface area contributed by atoms with Crippen molar-refractivity contribution in [3.05, 3.63) is 96.4 Å². The van der Waals surface area contributed by atoms with Crippen LogP contribution in [-0.4, -0.2) is 53.1 Å². The highest BCUT2D eigenvalue weighted by Gasteiger charge is 2.23. The summed E-state index contributed by atoms with van der Waals surface area (Å²) in [4.78, 5) is 30.2. The quantitative estimate of drug-likeness (QED) is 0.303. The zero-order valence-corrected chi connectivity index (χ0v) is 21.1. The van der Waals surface area contributed by atoms with E-state index >= 15 is 0 Å². The van der Waals surface area contributed by atoms with Crippen LogP contribution in [0.3, 0.4) is 0 Å². The van der Waals surface area contributed by atoms with E-state index < -0.39 is 12.3 Å². The maximum atomic E-state index is 14.5. The van der Waals surface area contributed by atoms with Gasteiger partial charge in [0.25, 0.3) is 0 Å². The Morgan fingerprint density at radius 2 is 1.78 bits per heavy atom. The second-order valence-corrected chi connectivity index (χ2v) is 8.78. The summed E-state index contributed by atoms with van der Waals surface area (Å²) < 4.78 is 14.5. The number of carbonyl (C=O) groups is 1. The smallest absolute Gasteiger partial charge is 0.308 e. The minimum atomic E-state index is -1.29. The van der Waals surface area contributed by atoms with Crippen LogP contribution >= 0.6 is 0 Å². The molecule has 1 atom stereocenters. The maximum Gasteiger partial charge on any atom is 0.333 e. The molecule has 190 valence electrons. The fourth-order valence-electron chi connectivity index (χ4n) is 3.70. The van der Waals surface area contributed by atoms with Crippen LogP contribution in [0.4, 0.5) is 26.5 Å². The summed E-state index contributed by atoms with van der Waals surface area (Å²) in [6.45, 7) is 3.17. The molecule has 2 aromatic heterocycles. The molecule has 0 aliphatic heterocycles. The van der Waals surface area contributed by atoms with Crippen LogP contribution in [0.1, 0.15) is 17.4 Å². The minimum absolute atomic E-state index is 0.221. The predicted molar refractivity (Wildman–Crippen MR) is 144 cm³/mol. The molecule has 8 nitrogen and oxygen atoms in total.